The molecule has 1 unspecified atom stereocenters. The lowest BCUT2D eigenvalue weighted by atomic mass is 10.0. The smallest absolute Gasteiger partial charge is 0.322 e. The number of carbonyl (C=O) groups excluding carboxylic acids is 2. The second-order valence-electron chi connectivity index (χ2n) is 6.37. The van der Waals surface area contributed by atoms with E-state index in [9.17, 15) is 19.5 Å². The molecule has 7 nitrogen and oxygen atoms in total. The first-order chi connectivity index (χ1) is 13.0. The van der Waals surface area contributed by atoms with Gasteiger partial charge in [0.25, 0.3) is 5.91 Å². The fraction of sp³-hybridized carbons (Fsp3) is 0.250. The molecule has 1 aliphatic rings. The molecule has 2 aromatic rings. The first-order valence-corrected chi connectivity index (χ1v) is 8.70. The zero-order valence-corrected chi connectivity index (χ0v) is 14.9. The van der Waals surface area contributed by atoms with E-state index in [4.69, 9.17) is 0 Å². The lowest BCUT2D eigenvalue weighted by molar-refractivity contribution is -0.137. The Balaban J connectivity index is 1.86. The van der Waals surface area contributed by atoms with Gasteiger partial charge in [-0.1, -0.05) is 36.4 Å². The number of carboxylic acid groups (broad SMARTS) is 1. The van der Waals surface area contributed by atoms with Crippen LogP contribution in [0.2, 0.25) is 0 Å². The van der Waals surface area contributed by atoms with Crippen molar-refractivity contribution in [1.29, 1.82) is 0 Å². The van der Waals surface area contributed by atoms with E-state index in [-0.39, 0.29) is 18.4 Å². The minimum Gasteiger partial charge on any atom is -0.481 e. The van der Waals surface area contributed by atoms with Gasteiger partial charge in [0.1, 0.15) is 0 Å². The Kier molecular flexibility index (Phi) is 5.40. The van der Waals surface area contributed by atoms with Gasteiger partial charge in [0.15, 0.2) is 0 Å². The number of hydrogen-bond donors (Lipinski definition) is 3. The van der Waals surface area contributed by atoms with Crippen molar-refractivity contribution in [3.63, 3.8) is 0 Å². The first-order valence-electron chi connectivity index (χ1n) is 8.70. The maximum absolute atomic E-state index is 12.9. The fourth-order valence-electron chi connectivity index (χ4n) is 3.21. The van der Waals surface area contributed by atoms with Gasteiger partial charge in [-0.25, -0.2) is 4.79 Å². The molecular formula is C20H21N3O4. The minimum atomic E-state index is -0.997. The quantitative estimate of drug-likeness (QED) is 0.730. The summed E-state index contributed by atoms with van der Waals surface area (Å²) in [5, 5.41) is 14.8. The monoisotopic (exact) mass is 367 g/mol. The van der Waals surface area contributed by atoms with Crippen LogP contribution in [0.3, 0.4) is 0 Å². The van der Waals surface area contributed by atoms with Crippen LogP contribution in [-0.2, 0) is 4.79 Å². The number of nitrogens with one attached hydrogen (secondary N) is 2. The molecule has 2 aromatic carbocycles. The van der Waals surface area contributed by atoms with Gasteiger partial charge in [-0.3, -0.25) is 14.5 Å². The van der Waals surface area contributed by atoms with Gasteiger partial charge in [-0.05, 0) is 30.2 Å². The minimum absolute atomic E-state index is 0.191. The third kappa shape index (κ3) is 4.08. The van der Waals surface area contributed by atoms with Gasteiger partial charge < -0.3 is 15.7 Å². The van der Waals surface area contributed by atoms with Crippen LogP contribution in [0, 0.1) is 6.92 Å². The van der Waals surface area contributed by atoms with Crippen molar-refractivity contribution in [2.75, 3.05) is 18.0 Å². The molecule has 27 heavy (non-hydrogen) atoms. The van der Waals surface area contributed by atoms with Crippen LogP contribution in [0.4, 0.5) is 10.5 Å². The predicted octanol–water partition coefficient (Wildman–Crippen LogP) is 2.47. The first kappa shape index (κ1) is 18.4. The standard InChI is InChI=1S/C20H21N3O4/c1-13-15(8-5-9-17(13)23-11-10-21-20(23)27)19(26)22-16(12-18(24)25)14-6-3-2-4-7-14/h2-9,16H,10-12H2,1H3,(H,21,27)(H,22,26)(H,24,25). The zero-order valence-electron chi connectivity index (χ0n) is 14.9. The Morgan fingerprint density at radius 1 is 1.19 bits per heavy atom. The Morgan fingerprint density at radius 3 is 2.56 bits per heavy atom. The molecule has 0 aliphatic carbocycles. The van der Waals surface area contributed by atoms with Crippen molar-refractivity contribution in [2.45, 2.75) is 19.4 Å². The van der Waals surface area contributed by atoms with Crippen molar-refractivity contribution in [3.05, 3.63) is 65.2 Å². The summed E-state index contributed by atoms with van der Waals surface area (Å²) in [5.74, 6) is -1.37. The van der Waals surface area contributed by atoms with E-state index in [0.717, 1.165) is 5.56 Å². The highest BCUT2D eigenvalue weighted by molar-refractivity contribution is 6.00. The molecule has 0 radical (unpaired) electrons. The SMILES string of the molecule is Cc1c(C(=O)NC(CC(=O)O)c2ccccc2)cccc1N1CCNC1=O. The van der Waals surface area contributed by atoms with Crippen LogP contribution < -0.4 is 15.5 Å². The van der Waals surface area contributed by atoms with Crippen molar-refractivity contribution in [2.24, 2.45) is 0 Å². The second kappa shape index (κ2) is 7.90. The lowest BCUT2D eigenvalue weighted by Gasteiger charge is -2.21. The van der Waals surface area contributed by atoms with E-state index in [0.29, 0.717) is 29.9 Å². The average Bonchev–Trinajstić information content (AvgIpc) is 3.07. The normalized spacial score (nSPS) is 14.6. The summed E-state index contributed by atoms with van der Waals surface area (Å²) in [7, 11) is 0. The topological polar surface area (TPSA) is 98.7 Å². The zero-order chi connectivity index (χ0) is 19.4. The third-order valence-electron chi connectivity index (χ3n) is 4.58. The fourth-order valence-corrected chi connectivity index (χ4v) is 3.21. The van der Waals surface area contributed by atoms with E-state index in [1.807, 2.05) is 6.07 Å². The molecule has 7 heteroatoms. The molecule has 1 aliphatic heterocycles. The molecule has 1 saturated heterocycles. The highest BCUT2D eigenvalue weighted by atomic mass is 16.4. The Bertz CT molecular complexity index is 867. The molecule has 140 valence electrons. The summed E-state index contributed by atoms with van der Waals surface area (Å²) in [5.41, 5.74) is 2.49. The van der Waals surface area contributed by atoms with E-state index >= 15 is 0 Å². The number of rotatable bonds is 6. The molecule has 0 saturated carbocycles. The number of nitrogens with zero attached hydrogens (tertiary/aromatic N) is 1. The number of amides is 3. The van der Waals surface area contributed by atoms with Crippen LogP contribution in [0.15, 0.2) is 48.5 Å². The average molecular weight is 367 g/mol. The van der Waals surface area contributed by atoms with Crippen molar-refractivity contribution < 1.29 is 19.5 Å². The number of hydrogen-bond acceptors (Lipinski definition) is 3. The highest BCUT2D eigenvalue weighted by Gasteiger charge is 2.25. The Labute approximate surface area is 157 Å². The van der Waals surface area contributed by atoms with Gasteiger partial charge in [0.05, 0.1) is 12.5 Å². The molecular weight excluding hydrogens is 346 g/mol. The molecule has 1 fully saturated rings. The van der Waals surface area contributed by atoms with Crippen molar-refractivity contribution >= 4 is 23.6 Å². The molecule has 0 spiro atoms. The predicted molar refractivity (Wildman–Crippen MR) is 101 cm³/mol. The summed E-state index contributed by atoms with van der Waals surface area (Å²) >= 11 is 0. The van der Waals surface area contributed by atoms with Gasteiger partial charge in [0, 0.05) is 24.3 Å². The van der Waals surface area contributed by atoms with Crippen LogP contribution in [0.1, 0.15) is 33.9 Å². The Morgan fingerprint density at radius 2 is 1.93 bits per heavy atom. The maximum Gasteiger partial charge on any atom is 0.322 e. The number of anilines is 1. The molecule has 3 rings (SSSR count). The third-order valence-corrected chi connectivity index (χ3v) is 4.58. The van der Waals surface area contributed by atoms with Crippen molar-refractivity contribution in [3.8, 4) is 0 Å². The van der Waals surface area contributed by atoms with Crippen LogP contribution >= 0.6 is 0 Å². The molecule has 1 heterocycles. The molecule has 3 N–H and O–H groups in total. The molecule has 1 atom stereocenters. The summed E-state index contributed by atoms with van der Waals surface area (Å²) in [6, 6.07) is 13.3. The van der Waals surface area contributed by atoms with Gasteiger partial charge >= 0.3 is 12.0 Å². The summed E-state index contributed by atoms with van der Waals surface area (Å²) in [4.78, 5) is 37.6. The highest BCUT2D eigenvalue weighted by Crippen LogP contribution is 2.25. The largest absolute Gasteiger partial charge is 0.481 e. The van der Waals surface area contributed by atoms with E-state index in [2.05, 4.69) is 10.6 Å². The van der Waals surface area contributed by atoms with Crippen LogP contribution in [0.5, 0.6) is 0 Å². The summed E-state index contributed by atoms with van der Waals surface area (Å²) < 4.78 is 0. The lowest BCUT2D eigenvalue weighted by Crippen LogP contribution is -2.32. The number of urea groups is 1. The Hall–Kier alpha value is -3.35. The second-order valence-corrected chi connectivity index (χ2v) is 6.37. The molecule has 0 aromatic heterocycles. The summed E-state index contributed by atoms with van der Waals surface area (Å²) in [6.07, 6.45) is -0.219. The number of aliphatic carboxylic acids is 1. The van der Waals surface area contributed by atoms with E-state index < -0.39 is 12.0 Å². The molecule has 0 bridgehead atoms. The van der Waals surface area contributed by atoms with Crippen LogP contribution in [-0.4, -0.2) is 36.1 Å². The maximum atomic E-state index is 12.9. The van der Waals surface area contributed by atoms with Gasteiger partial charge in [-0.15, -0.1) is 0 Å². The van der Waals surface area contributed by atoms with Crippen molar-refractivity contribution in [1.82, 2.24) is 10.6 Å². The van der Waals surface area contributed by atoms with E-state index in [1.54, 1.807) is 54.3 Å². The molecule has 3 amide bonds. The van der Waals surface area contributed by atoms with E-state index in [1.165, 1.54) is 0 Å². The number of benzene rings is 2. The number of carboxylic acids is 1. The van der Waals surface area contributed by atoms with Crippen LogP contribution in [0.25, 0.3) is 0 Å². The number of carbonyl (C=O) groups is 3. The van der Waals surface area contributed by atoms with Gasteiger partial charge in [-0.2, -0.15) is 0 Å². The summed E-state index contributed by atoms with van der Waals surface area (Å²) in [6.45, 7) is 2.88. The van der Waals surface area contributed by atoms with Gasteiger partial charge in [0.2, 0.25) is 0 Å².